The van der Waals surface area contributed by atoms with E-state index in [1.807, 2.05) is 29.2 Å². The highest BCUT2D eigenvalue weighted by Crippen LogP contribution is 2.31. The topological polar surface area (TPSA) is 56.6 Å². The fourth-order valence-corrected chi connectivity index (χ4v) is 5.15. The molecule has 0 N–H and O–H groups in total. The molecule has 6 heteroatoms. The Kier molecular flexibility index (Phi) is 5.15. The lowest BCUT2D eigenvalue weighted by Gasteiger charge is -2.36. The number of amides is 1. The van der Waals surface area contributed by atoms with Crippen molar-refractivity contribution in [2.24, 2.45) is 0 Å². The third kappa shape index (κ3) is 3.58. The van der Waals surface area contributed by atoms with Gasteiger partial charge in [0.1, 0.15) is 11.8 Å². The van der Waals surface area contributed by atoms with Gasteiger partial charge in [0, 0.05) is 31.1 Å². The van der Waals surface area contributed by atoms with Crippen molar-refractivity contribution in [3.05, 3.63) is 51.2 Å². The van der Waals surface area contributed by atoms with Crippen LogP contribution in [-0.2, 0) is 12.8 Å². The van der Waals surface area contributed by atoms with Crippen molar-refractivity contribution in [1.29, 1.82) is 5.26 Å². The monoisotopic (exact) mass is 381 g/mol. The summed E-state index contributed by atoms with van der Waals surface area (Å²) in [4.78, 5) is 19.2. The Labute approximate surface area is 163 Å². The molecule has 4 rings (SSSR count). The number of carbonyl (C=O) groups excluding carboxylic acids is 1. The molecule has 1 atom stereocenters. The molecule has 1 aromatic carbocycles. The molecule has 1 saturated heterocycles. The van der Waals surface area contributed by atoms with E-state index in [-0.39, 0.29) is 11.9 Å². The molecule has 1 aromatic heterocycles. The molecule has 2 aromatic rings. The minimum Gasteiger partial charge on any atom is -0.497 e. The molecule has 27 heavy (non-hydrogen) atoms. The minimum absolute atomic E-state index is 0.145. The van der Waals surface area contributed by atoms with Gasteiger partial charge in [0.05, 0.1) is 18.1 Å². The number of carbonyl (C=O) groups is 1. The van der Waals surface area contributed by atoms with Gasteiger partial charge < -0.3 is 9.64 Å². The third-order valence-corrected chi connectivity index (χ3v) is 6.70. The summed E-state index contributed by atoms with van der Waals surface area (Å²) in [7, 11) is 1.63. The molecule has 2 heterocycles. The Morgan fingerprint density at radius 1 is 1.19 bits per heavy atom. The summed E-state index contributed by atoms with van der Waals surface area (Å²) in [5, 5.41) is 9.68. The molecule has 1 aliphatic heterocycles. The van der Waals surface area contributed by atoms with E-state index in [2.05, 4.69) is 17.0 Å². The zero-order valence-corrected chi connectivity index (χ0v) is 16.3. The van der Waals surface area contributed by atoms with Gasteiger partial charge in [-0.1, -0.05) is 12.1 Å². The van der Waals surface area contributed by atoms with Crippen LogP contribution in [0.5, 0.6) is 5.75 Å². The van der Waals surface area contributed by atoms with Crippen molar-refractivity contribution >= 4 is 17.2 Å². The molecular formula is C21H23N3O2S. The summed E-state index contributed by atoms with van der Waals surface area (Å²) < 4.78 is 5.19. The zero-order valence-electron chi connectivity index (χ0n) is 15.5. The van der Waals surface area contributed by atoms with Crippen LogP contribution in [0.25, 0.3) is 0 Å². The van der Waals surface area contributed by atoms with Gasteiger partial charge in [-0.05, 0) is 48.6 Å². The second kappa shape index (κ2) is 7.71. The fraction of sp³-hybridized carbons (Fsp3) is 0.429. The standard InChI is InChI=1S/C21H23N3O2S/c1-26-17-7-5-15(6-8-17)18(14-22)23-9-11-24(12-10-23)21(25)20-13-16-3-2-4-19(16)27-20/h5-8,13,18H,2-4,9-12H2,1H3. The van der Waals surface area contributed by atoms with Gasteiger partial charge in [-0.2, -0.15) is 5.26 Å². The molecule has 5 nitrogen and oxygen atoms in total. The van der Waals surface area contributed by atoms with Gasteiger partial charge in [0.25, 0.3) is 5.91 Å². The number of ether oxygens (including phenoxy) is 1. The number of methoxy groups -OCH3 is 1. The molecule has 2 aliphatic rings. The predicted molar refractivity (Wildman–Crippen MR) is 105 cm³/mol. The number of nitriles is 1. The second-order valence-corrected chi connectivity index (χ2v) is 8.18. The number of fused-ring (bicyclic) bond motifs is 1. The van der Waals surface area contributed by atoms with Crippen LogP contribution in [0.1, 0.15) is 38.1 Å². The van der Waals surface area contributed by atoms with Crippen LogP contribution >= 0.6 is 11.3 Å². The van der Waals surface area contributed by atoms with Crippen molar-refractivity contribution in [2.45, 2.75) is 25.3 Å². The van der Waals surface area contributed by atoms with Crippen LogP contribution in [0.2, 0.25) is 0 Å². The number of hydrogen-bond acceptors (Lipinski definition) is 5. The Balaban J connectivity index is 1.39. The lowest BCUT2D eigenvalue weighted by atomic mass is 10.1. The smallest absolute Gasteiger partial charge is 0.264 e. The minimum atomic E-state index is -0.293. The summed E-state index contributed by atoms with van der Waals surface area (Å²) in [5.41, 5.74) is 2.33. The van der Waals surface area contributed by atoms with E-state index in [0.29, 0.717) is 26.2 Å². The Hall–Kier alpha value is -2.36. The lowest BCUT2D eigenvalue weighted by Crippen LogP contribution is -2.49. The number of aryl methyl sites for hydroxylation is 2. The van der Waals surface area contributed by atoms with Crippen molar-refractivity contribution in [3.8, 4) is 11.8 Å². The van der Waals surface area contributed by atoms with Crippen molar-refractivity contribution in [3.63, 3.8) is 0 Å². The number of thiophene rings is 1. The summed E-state index contributed by atoms with van der Waals surface area (Å²) in [5.74, 6) is 0.931. The van der Waals surface area contributed by atoms with Crippen molar-refractivity contribution in [1.82, 2.24) is 9.80 Å². The molecule has 1 unspecified atom stereocenters. The van der Waals surface area contributed by atoms with Crippen LogP contribution in [0.3, 0.4) is 0 Å². The van der Waals surface area contributed by atoms with Crippen LogP contribution in [0.15, 0.2) is 30.3 Å². The predicted octanol–water partition coefficient (Wildman–Crippen LogP) is 3.27. The summed E-state index contributed by atoms with van der Waals surface area (Å²) in [6.07, 6.45) is 3.45. The molecule has 1 amide bonds. The van der Waals surface area contributed by atoms with Gasteiger partial charge in [-0.15, -0.1) is 11.3 Å². The molecule has 1 fully saturated rings. The third-order valence-electron chi connectivity index (χ3n) is 5.48. The maximum absolute atomic E-state index is 12.8. The van der Waals surface area contributed by atoms with Crippen molar-refractivity contribution < 1.29 is 9.53 Å². The number of rotatable bonds is 4. The normalized spacial score (nSPS) is 18.0. The number of piperazine rings is 1. The van der Waals surface area contributed by atoms with Gasteiger partial charge in [0.15, 0.2) is 0 Å². The van der Waals surface area contributed by atoms with Crippen LogP contribution < -0.4 is 4.74 Å². The van der Waals surface area contributed by atoms with Gasteiger partial charge >= 0.3 is 0 Å². The molecular weight excluding hydrogens is 358 g/mol. The Morgan fingerprint density at radius 3 is 2.56 bits per heavy atom. The first-order chi connectivity index (χ1) is 13.2. The maximum Gasteiger partial charge on any atom is 0.264 e. The average molecular weight is 382 g/mol. The largest absolute Gasteiger partial charge is 0.497 e. The highest BCUT2D eigenvalue weighted by molar-refractivity contribution is 7.14. The molecule has 140 valence electrons. The molecule has 1 aliphatic carbocycles. The Morgan fingerprint density at radius 2 is 1.93 bits per heavy atom. The van der Waals surface area contributed by atoms with E-state index in [4.69, 9.17) is 4.74 Å². The molecule has 0 bridgehead atoms. The molecule has 0 radical (unpaired) electrons. The first-order valence-electron chi connectivity index (χ1n) is 9.38. The fourth-order valence-electron chi connectivity index (χ4n) is 3.93. The SMILES string of the molecule is COc1ccc(C(C#N)N2CCN(C(=O)c3cc4c(s3)CCC4)CC2)cc1. The first-order valence-corrected chi connectivity index (χ1v) is 10.2. The Bertz CT molecular complexity index is 839. The average Bonchev–Trinajstić information content (AvgIpc) is 3.31. The maximum atomic E-state index is 12.8. The van der Waals surface area contributed by atoms with E-state index in [1.165, 1.54) is 16.9 Å². The van der Waals surface area contributed by atoms with Crippen LogP contribution in [-0.4, -0.2) is 49.0 Å². The van der Waals surface area contributed by atoms with Gasteiger partial charge in [0.2, 0.25) is 0 Å². The van der Waals surface area contributed by atoms with Crippen LogP contribution in [0.4, 0.5) is 0 Å². The number of hydrogen-bond donors (Lipinski definition) is 0. The van der Waals surface area contributed by atoms with E-state index >= 15 is 0 Å². The number of nitrogens with zero attached hydrogens (tertiary/aromatic N) is 3. The van der Waals surface area contributed by atoms with Gasteiger partial charge in [-0.3, -0.25) is 9.69 Å². The molecule has 0 saturated carbocycles. The quantitative estimate of drug-likeness (QED) is 0.816. The van der Waals surface area contributed by atoms with Crippen molar-refractivity contribution in [2.75, 3.05) is 33.3 Å². The van der Waals surface area contributed by atoms with E-state index in [0.717, 1.165) is 29.0 Å². The first kappa shape index (κ1) is 18.0. The summed E-state index contributed by atoms with van der Waals surface area (Å²) in [6.45, 7) is 2.74. The zero-order chi connectivity index (χ0) is 18.8. The van der Waals surface area contributed by atoms with Gasteiger partial charge in [-0.25, -0.2) is 0 Å². The van der Waals surface area contributed by atoms with Crippen LogP contribution in [0, 0.1) is 11.3 Å². The van der Waals surface area contributed by atoms with E-state index in [1.54, 1.807) is 18.4 Å². The number of benzene rings is 1. The highest BCUT2D eigenvalue weighted by atomic mass is 32.1. The molecule has 0 spiro atoms. The summed E-state index contributed by atoms with van der Waals surface area (Å²) in [6, 6.07) is 11.9. The highest BCUT2D eigenvalue weighted by Gasteiger charge is 2.29. The van der Waals surface area contributed by atoms with E-state index < -0.39 is 0 Å². The second-order valence-electron chi connectivity index (χ2n) is 7.05. The van der Waals surface area contributed by atoms with E-state index in [9.17, 15) is 10.1 Å². The lowest BCUT2D eigenvalue weighted by molar-refractivity contribution is 0.0611. The summed E-state index contributed by atoms with van der Waals surface area (Å²) >= 11 is 1.67.